The van der Waals surface area contributed by atoms with Gasteiger partial charge in [0, 0.05) is 36.5 Å². The van der Waals surface area contributed by atoms with E-state index in [1.165, 1.54) is 12.1 Å². The number of hydrogen-bond donors (Lipinski definition) is 1. The van der Waals surface area contributed by atoms with Crippen LogP contribution in [0.1, 0.15) is 44.6 Å². The van der Waals surface area contributed by atoms with Crippen LogP contribution in [0.3, 0.4) is 0 Å². The zero-order valence-corrected chi connectivity index (χ0v) is 13.4. The van der Waals surface area contributed by atoms with E-state index in [1.807, 2.05) is 6.92 Å². The summed E-state index contributed by atoms with van der Waals surface area (Å²) in [5.74, 6) is -1.39. The highest BCUT2D eigenvalue weighted by Gasteiger charge is 2.17. The van der Waals surface area contributed by atoms with E-state index in [2.05, 4.69) is 0 Å². The molecule has 0 saturated carbocycles. The van der Waals surface area contributed by atoms with Crippen LogP contribution in [-0.4, -0.2) is 28.4 Å². The molecule has 0 atom stereocenters. The predicted molar refractivity (Wildman–Crippen MR) is 83.2 cm³/mol. The molecular formula is C16H21ClFNO3. The Hall–Kier alpha value is -1.62. The molecule has 0 aliphatic rings. The lowest BCUT2D eigenvalue weighted by Gasteiger charge is -2.23. The number of rotatable bonds is 9. The van der Waals surface area contributed by atoms with Crippen molar-refractivity contribution in [3.8, 4) is 0 Å². The molecule has 0 spiro atoms. The molecule has 0 radical (unpaired) electrons. The molecule has 22 heavy (non-hydrogen) atoms. The fourth-order valence-electron chi connectivity index (χ4n) is 2.15. The van der Waals surface area contributed by atoms with Crippen LogP contribution in [0.25, 0.3) is 0 Å². The maximum atomic E-state index is 13.8. The van der Waals surface area contributed by atoms with Gasteiger partial charge in [-0.2, -0.15) is 0 Å². The van der Waals surface area contributed by atoms with E-state index >= 15 is 0 Å². The van der Waals surface area contributed by atoms with Crippen molar-refractivity contribution in [2.45, 2.75) is 45.6 Å². The quantitative estimate of drug-likeness (QED) is 0.700. The van der Waals surface area contributed by atoms with Gasteiger partial charge in [0.15, 0.2) is 0 Å². The van der Waals surface area contributed by atoms with E-state index in [0.29, 0.717) is 30.0 Å². The lowest BCUT2D eigenvalue weighted by molar-refractivity contribution is -0.137. The van der Waals surface area contributed by atoms with Crippen molar-refractivity contribution in [1.29, 1.82) is 0 Å². The Morgan fingerprint density at radius 3 is 2.55 bits per heavy atom. The summed E-state index contributed by atoms with van der Waals surface area (Å²) in [5.41, 5.74) is 0.316. The highest BCUT2D eigenvalue weighted by atomic mass is 35.5. The number of unbranched alkanes of at least 4 members (excludes halogenated alkanes) is 1. The van der Waals surface area contributed by atoms with Crippen LogP contribution >= 0.6 is 11.6 Å². The number of hydrogen-bond acceptors (Lipinski definition) is 2. The van der Waals surface area contributed by atoms with E-state index in [-0.39, 0.29) is 25.3 Å². The van der Waals surface area contributed by atoms with Crippen molar-refractivity contribution < 1.29 is 19.1 Å². The van der Waals surface area contributed by atoms with E-state index < -0.39 is 11.8 Å². The molecule has 1 rings (SSSR count). The van der Waals surface area contributed by atoms with Crippen LogP contribution < -0.4 is 0 Å². The highest BCUT2D eigenvalue weighted by molar-refractivity contribution is 6.31. The van der Waals surface area contributed by atoms with Gasteiger partial charge in [-0.1, -0.05) is 24.6 Å². The Kier molecular flexibility index (Phi) is 7.88. The van der Waals surface area contributed by atoms with Gasteiger partial charge in [-0.3, -0.25) is 9.59 Å². The van der Waals surface area contributed by atoms with Crippen LogP contribution in [0.4, 0.5) is 4.39 Å². The van der Waals surface area contributed by atoms with Crippen molar-refractivity contribution in [3.63, 3.8) is 0 Å². The molecule has 0 heterocycles. The first kappa shape index (κ1) is 18.4. The van der Waals surface area contributed by atoms with Crippen molar-refractivity contribution in [3.05, 3.63) is 34.6 Å². The minimum Gasteiger partial charge on any atom is -0.481 e. The number of halogens is 2. The third kappa shape index (κ3) is 6.02. The Labute approximate surface area is 134 Å². The summed E-state index contributed by atoms with van der Waals surface area (Å²) >= 11 is 6.00. The molecular weight excluding hydrogens is 309 g/mol. The third-order valence-corrected chi connectivity index (χ3v) is 3.64. The van der Waals surface area contributed by atoms with Gasteiger partial charge in [-0.25, -0.2) is 4.39 Å². The minimum atomic E-state index is -0.865. The highest BCUT2D eigenvalue weighted by Crippen LogP contribution is 2.21. The van der Waals surface area contributed by atoms with Crippen molar-refractivity contribution >= 4 is 23.5 Å². The number of benzene rings is 1. The molecule has 1 amide bonds. The summed E-state index contributed by atoms with van der Waals surface area (Å²) in [7, 11) is 0. The normalized spacial score (nSPS) is 10.5. The second-order valence-corrected chi connectivity index (χ2v) is 5.52. The summed E-state index contributed by atoms with van der Waals surface area (Å²) in [6, 6.07) is 4.45. The molecule has 1 aromatic carbocycles. The summed E-state index contributed by atoms with van der Waals surface area (Å²) in [5, 5.41) is 8.88. The number of carboxylic acids is 1. The summed E-state index contributed by atoms with van der Waals surface area (Å²) in [4.78, 5) is 24.2. The van der Waals surface area contributed by atoms with E-state index in [9.17, 15) is 14.0 Å². The number of carbonyl (C=O) groups is 2. The van der Waals surface area contributed by atoms with Crippen LogP contribution in [0.15, 0.2) is 18.2 Å². The molecule has 6 heteroatoms. The standard InChI is InChI=1S/C16H21ClFNO3/c1-2-10-19(15(20)8-3-4-9-16(21)22)11-12-13(17)6-5-7-14(12)18/h5-7H,2-4,8-11H2,1H3,(H,21,22). The first-order valence-electron chi connectivity index (χ1n) is 7.38. The zero-order chi connectivity index (χ0) is 16.5. The fraction of sp³-hybridized carbons (Fsp3) is 0.500. The van der Waals surface area contributed by atoms with Gasteiger partial charge in [0.1, 0.15) is 5.82 Å². The Bertz CT molecular complexity index is 502. The van der Waals surface area contributed by atoms with Gasteiger partial charge >= 0.3 is 5.97 Å². The second kappa shape index (κ2) is 9.41. The molecule has 1 aromatic rings. The molecule has 0 aromatic heterocycles. The van der Waals surface area contributed by atoms with Crippen LogP contribution in [0, 0.1) is 5.82 Å². The van der Waals surface area contributed by atoms with E-state index in [0.717, 1.165) is 6.42 Å². The summed E-state index contributed by atoms with van der Waals surface area (Å²) < 4.78 is 13.8. The third-order valence-electron chi connectivity index (χ3n) is 3.29. The predicted octanol–water partition coefficient (Wildman–Crippen LogP) is 3.86. The van der Waals surface area contributed by atoms with Crippen LogP contribution in [0.2, 0.25) is 5.02 Å². The van der Waals surface area contributed by atoms with Gasteiger partial charge in [-0.15, -0.1) is 0 Å². The van der Waals surface area contributed by atoms with Crippen molar-refractivity contribution in [2.24, 2.45) is 0 Å². The second-order valence-electron chi connectivity index (χ2n) is 5.12. The van der Waals surface area contributed by atoms with Gasteiger partial charge in [0.25, 0.3) is 0 Å². The number of carbonyl (C=O) groups excluding carboxylic acids is 1. The van der Waals surface area contributed by atoms with Gasteiger partial charge in [-0.05, 0) is 31.4 Å². The largest absolute Gasteiger partial charge is 0.481 e. The molecule has 0 saturated heterocycles. The first-order chi connectivity index (χ1) is 10.5. The number of amides is 1. The Morgan fingerprint density at radius 2 is 1.95 bits per heavy atom. The molecule has 4 nitrogen and oxygen atoms in total. The lowest BCUT2D eigenvalue weighted by atomic mass is 10.1. The molecule has 122 valence electrons. The van der Waals surface area contributed by atoms with Gasteiger partial charge < -0.3 is 10.0 Å². The molecule has 0 aliphatic carbocycles. The molecule has 0 fully saturated rings. The molecule has 0 aliphatic heterocycles. The molecule has 1 N–H and O–H groups in total. The van der Waals surface area contributed by atoms with Gasteiger partial charge in [0.2, 0.25) is 5.91 Å². The average molecular weight is 330 g/mol. The van der Waals surface area contributed by atoms with Crippen LogP contribution in [-0.2, 0) is 16.1 Å². The Morgan fingerprint density at radius 1 is 1.27 bits per heavy atom. The maximum absolute atomic E-state index is 13.8. The van der Waals surface area contributed by atoms with E-state index in [4.69, 9.17) is 16.7 Å². The zero-order valence-electron chi connectivity index (χ0n) is 12.6. The van der Waals surface area contributed by atoms with Crippen LogP contribution in [0.5, 0.6) is 0 Å². The minimum absolute atomic E-state index is 0.0558. The molecule has 0 unspecified atom stereocenters. The Balaban J connectivity index is 2.64. The summed E-state index contributed by atoms with van der Waals surface area (Å²) in [6.07, 6.45) is 2.05. The van der Waals surface area contributed by atoms with Crippen molar-refractivity contribution in [2.75, 3.05) is 6.54 Å². The summed E-state index contributed by atoms with van der Waals surface area (Å²) in [6.45, 7) is 2.59. The SMILES string of the molecule is CCCN(Cc1c(F)cccc1Cl)C(=O)CCCCC(=O)O. The number of carboxylic acid groups (broad SMARTS) is 1. The fourth-order valence-corrected chi connectivity index (χ4v) is 2.37. The smallest absolute Gasteiger partial charge is 0.303 e. The monoisotopic (exact) mass is 329 g/mol. The maximum Gasteiger partial charge on any atom is 0.303 e. The topological polar surface area (TPSA) is 57.6 Å². The number of nitrogens with zero attached hydrogens (tertiary/aromatic N) is 1. The molecule has 0 bridgehead atoms. The van der Waals surface area contributed by atoms with E-state index in [1.54, 1.807) is 11.0 Å². The number of aliphatic carboxylic acids is 1. The first-order valence-corrected chi connectivity index (χ1v) is 7.76. The average Bonchev–Trinajstić information content (AvgIpc) is 2.46. The lowest BCUT2D eigenvalue weighted by Crippen LogP contribution is -2.31. The van der Waals surface area contributed by atoms with Gasteiger partial charge in [0.05, 0.1) is 0 Å². The van der Waals surface area contributed by atoms with Crippen molar-refractivity contribution in [1.82, 2.24) is 4.90 Å².